The van der Waals surface area contributed by atoms with Crippen LogP contribution < -0.4 is 0 Å². The molecule has 7 heteroatoms. The van der Waals surface area contributed by atoms with Gasteiger partial charge >= 0.3 is 0 Å². The SMILES string of the molecule is Cc1ccc(C)c(S(=O)(=O)N(C2CC2)[C@@H](C)CS(C)(=O)=O)c1. The highest BCUT2D eigenvalue weighted by Gasteiger charge is 2.42. The number of hydrogen-bond acceptors (Lipinski definition) is 4. The molecule has 124 valence electrons. The molecule has 0 N–H and O–H groups in total. The molecule has 1 atom stereocenters. The van der Waals surface area contributed by atoms with Crippen LogP contribution in [0.4, 0.5) is 0 Å². The van der Waals surface area contributed by atoms with Crippen LogP contribution in [0.2, 0.25) is 0 Å². The predicted octanol–water partition coefficient (Wildman–Crippen LogP) is 1.89. The van der Waals surface area contributed by atoms with E-state index in [1.54, 1.807) is 26.0 Å². The second-order valence-electron chi connectivity index (χ2n) is 6.28. The van der Waals surface area contributed by atoms with Crippen molar-refractivity contribution in [3.8, 4) is 0 Å². The summed E-state index contributed by atoms with van der Waals surface area (Å²) in [7, 11) is -6.93. The Balaban J connectivity index is 2.45. The Kier molecular flexibility index (Phi) is 4.71. The fraction of sp³-hybridized carbons (Fsp3) is 0.600. The van der Waals surface area contributed by atoms with Crippen LogP contribution in [0.15, 0.2) is 23.1 Å². The molecule has 0 spiro atoms. The van der Waals surface area contributed by atoms with Crippen LogP contribution in [0.5, 0.6) is 0 Å². The molecule has 0 amide bonds. The third-order valence-electron chi connectivity index (χ3n) is 3.78. The molecule has 2 rings (SSSR count). The molecule has 1 aromatic rings. The Morgan fingerprint density at radius 2 is 1.77 bits per heavy atom. The summed E-state index contributed by atoms with van der Waals surface area (Å²) < 4.78 is 50.6. The quantitative estimate of drug-likeness (QED) is 0.789. The van der Waals surface area contributed by atoms with Gasteiger partial charge < -0.3 is 0 Å². The lowest BCUT2D eigenvalue weighted by Crippen LogP contribution is -2.43. The van der Waals surface area contributed by atoms with Gasteiger partial charge in [-0.25, -0.2) is 16.8 Å². The molecule has 0 radical (unpaired) electrons. The van der Waals surface area contributed by atoms with Crippen molar-refractivity contribution in [2.75, 3.05) is 12.0 Å². The van der Waals surface area contributed by atoms with Crippen LogP contribution >= 0.6 is 0 Å². The Labute approximate surface area is 133 Å². The number of nitrogens with zero attached hydrogens (tertiary/aromatic N) is 1. The van der Waals surface area contributed by atoms with Crippen LogP contribution in [-0.4, -0.2) is 45.2 Å². The first-order valence-corrected chi connectivity index (χ1v) is 10.8. The van der Waals surface area contributed by atoms with Gasteiger partial charge in [-0.15, -0.1) is 0 Å². The first-order chi connectivity index (χ1) is 10.0. The standard InChI is InChI=1S/C15H23NO4S2/c1-11-5-6-12(2)15(9-11)22(19,20)16(14-7-8-14)13(3)10-21(4,17)18/h5-6,9,13-14H,7-8,10H2,1-4H3/t13-/m0/s1. The Bertz CT molecular complexity index is 765. The number of sulfone groups is 1. The molecule has 0 saturated heterocycles. The van der Waals surface area contributed by atoms with Crippen molar-refractivity contribution < 1.29 is 16.8 Å². The van der Waals surface area contributed by atoms with Crippen LogP contribution in [-0.2, 0) is 19.9 Å². The highest BCUT2D eigenvalue weighted by atomic mass is 32.2. The average Bonchev–Trinajstić information content (AvgIpc) is 3.14. The molecule has 1 aromatic carbocycles. The molecular weight excluding hydrogens is 322 g/mol. The zero-order chi connectivity index (χ0) is 16.7. The van der Waals surface area contributed by atoms with Crippen molar-refractivity contribution >= 4 is 19.9 Å². The van der Waals surface area contributed by atoms with E-state index in [2.05, 4.69) is 0 Å². The highest BCUT2D eigenvalue weighted by Crippen LogP contribution is 2.35. The molecule has 1 aliphatic carbocycles. The summed E-state index contributed by atoms with van der Waals surface area (Å²) in [6.45, 7) is 5.28. The van der Waals surface area contributed by atoms with E-state index in [1.165, 1.54) is 4.31 Å². The summed E-state index contributed by atoms with van der Waals surface area (Å²) in [5, 5.41) is 0. The molecule has 0 aromatic heterocycles. The highest BCUT2D eigenvalue weighted by molar-refractivity contribution is 7.91. The lowest BCUT2D eigenvalue weighted by Gasteiger charge is -2.28. The Morgan fingerprint density at radius 1 is 1.18 bits per heavy atom. The number of sulfonamides is 1. The maximum absolute atomic E-state index is 13.0. The summed E-state index contributed by atoms with van der Waals surface area (Å²) in [5.41, 5.74) is 1.55. The molecule has 0 heterocycles. The monoisotopic (exact) mass is 345 g/mol. The Morgan fingerprint density at radius 3 is 2.27 bits per heavy atom. The van der Waals surface area contributed by atoms with Gasteiger partial charge in [0.15, 0.2) is 0 Å². The minimum Gasteiger partial charge on any atom is -0.229 e. The molecule has 1 fully saturated rings. The van der Waals surface area contributed by atoms with E-state index in [9.17, 15) is 16.8 Å². The second kappa shape index (κ2) is 5.94. The number of rotatable bonds is 6. The second-order valence-corrected chi connectivity index (χ2v) is 10.3. The summed E-state index contributed by atoms with van der Waals surface area (Å²) in [6.07, 6.45) is 2.72. The third-order valence-corrected chi connectivity index (χ3v) is 7.08. The van der Waals surface area contributed by atoms with Crippen molar-refractivity contribution in [2.45, 2.75) is 50.6 Å². The largest absolute Gasteiger partial charge is 0.243 e. The lowest BCUT2D eigenvalue weighted by molar-refractivity contribution is 0.347. The summed E-state index contributed by atoms with van der Waals surface area (Å²) >= 11 is 0. The van der Waals surface area contributed by atoms with Gasteiger partial charge in [-0.05, 0) is 50.8 Å². The van der Waals surface area contributed by atoms with Gasteiger partial charge in [0.2, 0.25) is 10.0 Å². The first kappa shape index (κ1) is 17.4. The van der Waals surface area contributed by atoms with E-state index in [4.69, 9.17) is 0 Å². The molecule has 0 bridgehead atoms. The molecule has 22 heavy (non-hydrogen) atoms. The van der Waals surface area contributed by atoms with Gasteiger partial charge in [-0.2, -0.15) is 4.31 Å². The van der Waals surface area contributed by atoms with Crippen LogP contribution in [0.3, 0.4) is 0 Å². The Hall–Kier alpha value is -0.920. The van der Waals surface area contributed by atoms with Crippen LogP contribution in [0.25, 0.3) is 0 Å². The smallest absolute Gasteiger partial charge is 0.229 e. The van der Waals surface area contributed by atoms with E-state index in [1.807, 2.05) is 13.0 Å². The summed E-state index contributed by atoms with van der Waals surface area (Å²) in [5.74, 6) is -0.159. The fourth-order valence-electron chi connectivity index (χ4n) is 2.73. The maximum Gasteiger partial charge on any atom is 0.243 e. The van der Waals surface area contributed by atoms with Crippen molar-refractivity contribution in [1.29, 1.82) is 0 Å². The predicted molar refractivity (Wildman–Crippen MR) is 87.1 cm³/mol. The van der Waals surface area contributed by atoms with Crippen LogP contribution in [0, 0.1) is 13.8 Å². The van der Waals surface area contributed by atoms with Gasteiger partial charge in [-0.3, -0.25) is 0 Å². The first-order valence-electron chi connectivity index (χ1n) is 7.31. The number of aryl methyl sites for hydroxylation is 2. The molecule has 0 unspecified atom stereocenters. The van der Waals surface area contributed by atoms with Crippen molar-refractivity contribution in [3.63, 3.8) is 0 Å². The van der Waals surface area contributed by atoms with E-state index in [0.717, 1.165) is 24.7 Å². The molecular formula is C15H23NO4S2. The number of hydrogen-bond donors (Lipinski definition) is 0. The number of benzene rings is 1. The molecule has 1 saturated carbocycles. The molecule has 0 aliphatic heterocycles. The minimum absolute atomic E-state index is 0.0818. The van der Waals surface area contributed by atoms with Gasteiger partial charge in [0.1, 0.15) is 9.84 Å². The van der Waals surface area contributed by atoms with E-state index in [-0.39, 0.29) is 16.7 Å². The lowest BCUT2D eigenvalue weighted by atomic mass is 10.2. The van der Waals surface area contributed by atoms with Gasteiger partial charge in [0, 0.05) is 18.3 Å². The van der Waals surface area contributed by atoms with E-state index in [0.29, 0.717) is 5.56 Å². The van der Waals surface area contributed by atoms with Gasteiger partial charge in [0.05, 0.1) is 10.6 Å². The maximum atomic E-state index is 13.0. The van der Waals surface area contributed by atoms with E-state index < -0.39 is 25.9 Å². The average molecular weight is 345 g/mol. The van der Waals surface area contributed by atoms with Crippen LogP contribution in [0.1, 0.15) is 30.9 Å². The van der Waals surface area contributed by atoms with Crippen molar-refractivity contribution in [3.05, 3.63) is 29.3 Å². The summed E-state index contributed by atoms with van der Waals surface area (Å²) in [6, 6.07) is 4.67. The van der Waals surface area contributed by atoms with Crippen molar-refractivity contribution in [2.24, 2.45) is 0 Å². The minimum atomic E-state index is -3.69. The van der Waals surface area contributed by atoms with Gasteiger partial charge in [-0.1, -0.05) is 12.1 Å². The molecule has 1 aliphatic rings. The summed E-state index contributed by atoms with van der Waals surface area (Å²) in [4.78, 5) is 0.278. The topological polar surface area (TPSA) is 71.5 Å². The third kappa shape index (κ3) is 3.88. The van der Waals surface area contributed by atoms with Gasteiger partial charge in [0.25, 0.3) is 0 Å². The zero-order valence-electron chi connectivity index (χ0n) is 13.4. The zero-order valence-corrected chi connectivity index (χ0v) is 15.0. The molecule has 5 nitrogen and oxygen atoms in total. The fourth-order valence-corrected chi connectivity index (χ4v) is 6.05. The van der Waals surface area contributed by atoms with E-state index >= 15 is 0 Å². The normalized spacial score (nSPS) is 17.7. The van der Waals surface area contributed by atoms with Crippen molar-refractivity contribution in [1.82, 2.24) is 4.31 Å².